The van der Waals surface area contributed by atoms with Crippen molar-refractivity contribution in [2.75, 3.05) is 13.2 Å². The summed E-state index contributed by atoms with van der Waals surface area (Å²) >= 11 is 0. The highest BCUT2D eigenvalue weighted by atomic mass is 16.7. The standard InChI is InChI=1S/C10H17NO3/c11-9(12)7-8-1-3-10(4-2-8)13-5-6-14-10/h8H,1-7H2,(H2,11,12). The van der Waals surface area contributed by atoms with Crippen molar-refractivity contribution >= 4 is 5.91 Å². The van der Waals surface area contributed by atoms with Gasteiger partial charge in [-0.1, -0.05) is 0 Å². The van der Waals surface area contributed by atoms with E-state index in [0.717, 1.165) is 25.7 Å². The first-order valence-electron chi connectivity index (χ1n) is 5.26. The van der Waals surface area contributed by atoms with Crippen LogP contribution < -0.4 is 5.73 Å². The van der Waals surface area contributed by atoms with Gasteiger partial charge >= 0.3 is 0 Å². The van der Waals surface area contributed by atoms with Crippen molar-refractivity contribution < 1.29 is 14.3 Å². The summed E-state index contributed by atoms with van der Waals surface area (Å²) in [4.78, 5) is 10.7. The molecule has 0 aromatic carbocycles. The van der Waals surface area contributed by atoms with Crippen LogP contribution in [0.5, 0.6) is 0 Å². The van der Waals surface area contributed by atoms with E-state index in [1.165, 1.54) is 0 Å². The topological polar surface area (TPSA) is 61.6 Å². The SMILES string of the molecule is NC(=O)CC1CCC2(CC1)OCCO2. The summed E-state index contributed by atoms with van der Waals surface area (Å²) in [6, 6.07) is 0. The summed E-state index contributed by atoms with van der Waals surface area (Å²) in [5, 5.41) is 0. The van der Waals surface area contributed by atoms with Crippen LogP contribution in [-0.4, -0.2) is 24.9 Å². The van der Waals surface area contributed by atoms with Gasteiger partial charge in [-0.3, -0.25) is 4.79 Å². The van der Waals surface area contributed by atoms with Crippen LogP contribution in [0.15, 0.2) is 0 Å². The highest BCUT2D eigenvalue weighted by molar-refractivity contribution is 5.73. The molecule has 1 saturated heterocycles. The summed E-state index contributed by atoms with van der Waals surface area (Å²) in [6.07, 6.45) is 4.30. The summed E-state index contributed by atoms with van der Waals surface area (Å²) in [6.45, 7) is 1.42. The summed E-state index contributed by atoms with van der Waals surface area (Å²) in [5.41, 5.74) is 5.17. The van der Waals surface area contributed by atoms with Crippen LogP contribution in [0, 0.1) is 5.92 Å². The first kappa shape index (κ1) is 9.93. The Bertz CT molecular complexity index is 213. The minimum Gasteiger partial charge on any atom is -0.370 e. The van der Waals surface area contributed by atoms with Crippen LogP contribution in [0.3, 0.4) is 0 Å². The number of carbonyl (C=O) groups excluding carboxylic acids is 1. The van der Waals surface area contributed by atoms with E-state index in [9.17, 15) is 4.79 Å². The molecule has 1 amide bonds. The van der Waals surface area contributed by atoms with Gasteiger partial charge in [-0.2, -0.15) is 0 Å². The van der Waals surface area contributed by atoms with E-state index in [2.05, 4.69) is 0 Å². The predicted molar refractivity (Wildman–Crippen MR) is 50.4 cm³/mol. The molecule has 14 heavy (non-hydrogen) atoms. The number of ether oxygens (including phenoxy) is 2. The van der Waals surface area contributed by atoms with Crippen LogP contribution in [0.2, 0.25) is 0 Å². The van der Waals surface area contributed by atoms with E-state index in [0.29, 0.717) is 25.6 Å². The molecule has 0 unspecified atom stereocenters. The fraction of sp³-hybridized carbons (Fsp3) is 0.900. The molecular weight excluding hydrogens is 182 g/mol. The molecule has 2 fully saturated rings. The third-order valence-electron chi connectivity index (χ3n) is 3.17. The van der Waals surface area contributed by atoms with E-state index in [4.69, 9.17) is 15.2 Å². The zero-order valence-corrected chi connectivity index (χ0v) is 8.33. The third-order valence-corrected chi connectivity index (χ3v) is 3.17. The third kappa shape index (κ3) is 2.07. The number of primary amides is 1. The maximum atomic E-state index is 10.7. The van der Waals surface area contributed by atoms with Crippen LogP contribution in [-0.2, 0) is 14.3 Å². The molecule has 4 heteroatoms. The molecule has 2 N–H and O–H groups in total. The lowest BCUT2D eigenvalue weighted by atomic mass is 9.83. The largest absolute Gasteiger partial charge is 0.370 e. The Hall–Kier alpha value is -0.610. The van der Waals surface area contributed by atoms with Gasteiger partial charge in [-0.15, -0.1) is 0 Å². The van der Waals surface area contributed by atoms with Crippen molar-refractivity contribution in [1.29, 1.82) is 0 Å². The van der Waals surface area contributed by atoms with Gasteiger partial charge in [0, 0.05) is 19.3 Å². The van der Waals surface area contributed by atoms with Crippen LogP contribution in [0.4, 0.5) is 0 Å². The van der Waals surface area contributed by atoms with E-state index in [-0.39, 0.29) is 11.7 Å². The fourth-order valence-corrected chi connectivity index (χ4v) is 2.39. The number of amides is 1. The second-order valence-corrected chi connectivity index (χ2v) is 4.22. The van der Waals surface area contributed by atoms with E-state index < -0.39 is 0 Å². The Morgan fingerprint density at radius 2 is 1.86 bits per heavy atom. The summed E-state index contributed by atoms with van der Waals surface area (Å²) in [7, 11) is 0. The zero-order valence-electron chi connectivity index (χ0n) is 8.33. The Labute approximate surface area is 83.7 Å². The van der Waals surface area contributed by atoms with Crippen molar-refractivity contribution in [2.45, 2.75) is 37.9 Å². The lowest BCUT2D eigenvalue weighted by Gasteiger charge is -2.34. The maximum Gasteiger partial charge on any atom is 0.217 e. The molecule has 1 saturated carbocycles. The Balaban J connectivity index is 1.82. The first-order valence-corrected chi connectivity index (χ1v) is 5.26. The van der Waals surface area contributed by atoms with E-state index >= 15 is 0 Å². The van der Waals surface area contributed by atoms with Gasteiger partial charge in [0.1, 0.15) is 0 Å². The van der Waals surface area contributed by atoms with Crippen molar-refractivity contribution in [2.24, 2.45) is 11.7 Å². The second-order valence-electron chi connectivity index (χ2n) is 4.22. The smallest absolute Gasteiger partial charge is 0.217 e. The molecular formula is C10H17NO3. The zero-order chi connectivity index (χ0) is 10.0. The van der Waals surface area contributed by atoms with Crippen molar-refractivity contribution in [1.82, 2.24) is 0 Å². The average Bonchev–Trinajstić information content (AvgIpc) is 2.58. The lowest BCUT2D eigenvalue weighted by molar-refractivity contribution is -0.183. The first-order chi connectivity index (χ1) is 6.70. The molecule has 0 aromatic rings. The number of hydrogen-bond donors (Lipinski definition) is 1. The van der Waals surface area contributed by atoms with Crippen molar-refractivity contribution in [3.05, 3.63) is 0 Å². The molecule has 0 atom stereocenters. The highest BCUT2D eigenvalue weighted by Crippen LogP contribution is 2.39. The molecule has 80 valence electrons. The molecule has 0 aromatic heterocycles. The van der Waals surface area contributed by atoms with Gasteiger partial charge < -0.3 is 15.2 Å². The minimum absolute atomic E-state index is 0.195. The van der Waals surface area contributed by atoms with Gasteiger partial charge in [0.2, 0.25) is 5.91 Å². The number of rotatable bonds is 2. The monoisotopic (exact) mass is 199 g/mol. The van der Waals surface area contributed by atoms with Gasteiger partial charge in [-0.05, 0) is 18.8 Å². The van der Waals surface area contributed by atoms with Gasteiger partial charge in [0.25, 0.3) is 0 Å². The molecule has 1 aliphatic heterocycles. The van der Waals surface area contributed by atoms with Gasteiger partial charge in [0.05, 0.1) is 13.2 Å². The Morgan fingerprint density at radius 1 is 1.29 bits per heavy atom. The molecule has 0 radical (unpaired) electrons. The molecule has 1 aliphatic carbocycles. The van der Waals surface area contributed by atoms with Gasteiger partial charge in [-0.25, -0.2) is 0 Å². The molecule has 2 rings (SSSR count). The Morgan fingerprint density at radius 3 is 2.36 bits per heavy atom. The number of nitrogens with two attached hydrogens (primary N) is 1. The normalized spacial score (nSPS) is 26.9. The van der Waals surface area contributed by atoms with E-state index in [1.807, 2.05) is 0 Å². The lowest BCUT2D eigenvalue weighted by Crippen LogP contribution is -2.36. The van der Waals surface area contributed by atoms with Gasteiger partial charge in [0.15, 0.2) is 5.79 Å². The van der Waals surface area contributed by atoms with Crippen LogP contribution >= 0.6 is 0 Å². The summed E-state index contributed by atoms with van der Waals surface area (Å²) in [5.74, 6) is -0.0705. The quantitative estimate of drug-likeness (QED) is 0.715. The van der Waals surface area contributed by atoms with Crippen LogP contribution in [0.1, 0.15) is 32.1 Å². The molecule has 2 aliphatic rings. The van der Waals surface area contributed by atoms with Crippen molar-refractivity contribution in [3.8, 4) is 0 Å². The predicted octanol–water partition coefficient (Wildman–Crippen LogP) is 0.795. The molecule has 4 nitrogen and oxygen atoms in total. The average molecular weight is 199 g/mol. The highest BCUT2D eigenvalue weighted by Gasteiger charge is 2.40. The Kier molecular flexibility index (Phi) is 2.74. The number of carbonyl (C=O) groups is 1. The molecule has 1 spiro atoms. The fourth-order valence-electron chi connectivity index (χ4n) is 2.39. The second kappa shape index (κ2) is 3.87. The molecule has 0 bridgehead atoms. The minimum atomic E-state index is -0.311. The summed E-state index contributed by atoms with van der Waals surface area (Å²) < 4.78 is 11.2. The van der Waals surface area contributed by atoms with Crippen molar-refractivity contribution in [3.63, 3.8) is 0 Å². The number of hydrogen-bond acceptors (Lipinski definition) is 3. The van der Waals surface area contributed by atoms with Crippen LogP contribution in [0.25, 0.3) is 0 Å². The maximum absolute atomic E-state index is 10.7. The molecule has 1 heterocycles. The van der Waals surface area contributed by atoms with E-state index in [1.54, 1.807) is 0 Å².